The van der Waals surface area contributed by atoms with Gasteiger partial charge in [0.15, 0.2) is 0 Å². The minimum atomic E-state index is 0.189. The summed E-state index contributed by atoms with van der Waals surface area (Å²) in [7, 11) is 0. The van der Waals surface area contributed by atoms with Gasteiger partial charge in [0.1, 0.15) is 0 Å². The smallest absolute Gasteiger partial charge is 0.0745 e. The van der Waals surface area contributed by atoms with Gasteiger partial charge in [-0.3, -0.25) is 4.99 Å². The Bertz CT molecular complexity index is 1080. The zero-order chi connectivity index (χ0) is 15.9. The zero-order valence-corrected chi connectivity index (χ0v) is 13.0. The van der Waals surface area contributed by atoms with Crippen LogP contribution in [0.1, 0.15) is 11.4 Å². The summed E-state index contributed by atoms with van der Waals surface area (Å²) >= 11 is 0. The number of aromatic nitrogens is 2. The number of nitrogens with one attached hydrogen (secondary N) is 2. The van der Waals surface area contributed by atoms with Crippen LogP contribution in [0.5, 0.6) is 0 Å². The molecule has 0 amide bonds. The minimum Gasteiger partial charge on any atom is -0.359 e. The number of allylic oxidation sites excluding steroid dienone is 4. The van der Waals surface area contributed by atoms with Gasteiger partial charge in [0.2, 0.25) is 0 Å². The molecule has 1 atom stereocenters. The van der Waals surface area contributed by atoms with Crippen LogP contribution in [-0.4, -0.2) is 27.4 Å². The van der Waals surface area contributed by atoms with E-state index >= 15 is 0 Å². The molecule has 24 heavy (non-hydrogen) atoms. The van der Waals surface area contributed by atoms with Gasteiger partial charge in [-0.25, -0.2) is 4.99 Å². The second kappa shape index (κ2) is 5.20. The van der Waals surface area contributed by atoms with Crippen molar-refractivity contribution in [3.63, 3.8) is 0 Å². The molecule has 0 fully saturated rings. The molecule has 116 valence electrons. The molecule has 3 aliphatic rings. The molecule has 2 N–H and O–H groups in total. The Hall–Kier alpha value is -3.14. The van der Waals surface area contributed by atoms with Crippen LogP contribution in [0, 0.1) is 0 Å². The zero-order valence-electron chi connectivity index (χ0n) is 13.0. The van der Waals surface area contributed by atoms with Crippen molar-refractivity contribution < 1.29 is 0 Å². The van der Waals surface area contributed by atoms with E-state index in [1.807, 2.05) is 18.2 Å². The maximum atomic E-state index is 4.76. The second-order valence-corrected chi connectivity index (χ2v) is 6.22. The van der Waals surface area contributed by atoms with E-state index in [0.717, 1.165) is 39.9 Å². The highest BCUT2D eigenvalue weighted by molar-refractivity contribution is 6.19. The number of nitrogens with zero attached hydrogens (tertiary/aromatic N) is 2. The van der Waals surface area contributed by atoms with Crippen LogP contribution in [0.3, 0.4) is 0 Å². The van der Waals surface area contributed by atoms with Crippen molar-refractivity contribution in [2.24, 2.45) is 9.98 Å². The third-order valence-electron chi connectivity index (χ3n) is 4.33. The van der Waals surface area contributed by atoms with Crippen LogP contribution >= 0.6 is 0 Å². The van der Waals surface area contributed by atoms with E-state index in [4.69, 9.17) is 4.99 Å². The first-order chi connectivity index (χ1) is 11.8. The molecule has 0 saturated heterocycles. The summed E-state index contributed by atoms with van der Waals surface area (Å²) in [5, 5.41) is 2.11. The van der Waals surface area contributed by atoms with Crippen molar-refractivity contribution in [3.05, 3.63) is 82.4 Å². The average Bonchev–Trinajstić information content (AvgIpc) is 3.32. The highest BCUT2D eigenvalue weighted by Gasteiger charge is 2.13. The first-order valence-electron chi connectivity index (χ1n) is 8.11. The van der Waals surface area contributed by atoms with Crippen LogP contribution in [-0.2, 0) is 6.42 Å². The number of hydrogen-bond acceptors (Lipinski definition) is 2. The van der Waals surface area contributed by atoms with Crippen LogP contribution in [0.15, 0.2) is 70.3 Å². The molecule has 0 aliphatic carbocycles. The molecule has 0 aromatic carbocycles. The van der Waals surface area contributed by atoms with E-state index in [0.29, 0.717) is 0 Å². The minimum absolute atomic E-state index is 0.189. The van der Waals surface area contributed by atoms with Gasteiger partial charge in [-0.15, -0.1) is 0 Å². The number of fused-ring (bicyclic) bond motifs is 6. The Labute approximate surface area is 139 Å². The van der Waals surface area contributed by atoms with Gasteiger partial charge in [0.05, 0.1) is 23.2 Å². The van der Waals surface area contributed by atoms with Crippen molar-refractivity contribution in [2.45, 2.75) is 12.5 Å². The third-order valence-corrected chi connectivity index (χ3v) is 4.33. The molecule has 4 nitrogen and oxygen atoms in total. The molecule has 8 bridgehead atoms. The van der Waals surface area contributed by atoms with Crippen molar-refractivity contribution in [2.75, 3.05) is 0 Å². The Morgan fingerprint density at radius 3 is 2.71 bits per heavy atom. The number of aromatic amines is 2. The van der Waals surface area contributed by atoms with Gasteiger partial charge in [0.25, 0.3) is 0 Å². The lowest BCUT2D eigenvalue weighted by molar-refractivity contribution is 0.807. The SMILES string of the molecule is C1=C/C2=C/C3=NC(C=C3)Cc3ccc([nH]3)/C=c3/ccc([nH]3)=CC1=N2. The Morgan fingerprint density at radius 1 is 0.833 bits per heavy atom. The predicted molar refractivity (Wildman–Crippen MR) is 97.6 cm³/mol. The lowest BCUT2D eigenvalue weighted by Gasteiger charge is -2.02. The second-order valence-electron chi connectivity index (χ2n) is 6.22. The van der Waals surface area contributed by atoms with E-state index in [1.54, 1.807) is 0 Å². The van der Waals surface area contributed by atoms with Crippen molar-refractivity contribution >= 4 is 23.6 Å². The summed E-state index contributed by atoms with van der Waals surface area (Å²) in [6, 6.07) is 8.58. The maximum Gasteiger partial charge on any atom is 0.0745 e. The molecule has 1 unspecified atom stereocenters. The van der Waals surface area contributed by atoms with E-state index in [-0.39, 0.29) is 6.04 Å². The normalized spacial score (nSPS) is 24.6. The largest absolute Gasteiger partial charge is 0.359 e. The van der Waals surface area contributed by atoms with Gasteiger partial charge in [-0.1, -0.05) is 6.08 Å². The fraction of sp³-hybridized carbons (Fsp3) is 0.100. The first-order valence-corrected chi connectivity index (χ1v) is 8.11. The molecule has 0 spiro atoms. The Kier molecular flexibility index (Phi) is 2.88. The summed E-state index contributed by atoms with van der Waals surface area (Å²) in [4.78, 5) is 16.3. The summed E-state index contributed by atoms with van der Waals surface area (Å²) < 4.78 is 0. The van der Waals surface area contributed by atoms with Crippen molar-refractivity contribution in [3.8, 4) is 0 Å². The van der Waals surface area contributed by atoms with E-state index < -0.39 is 0 Å². The fourth-order valence-electron chi connectivity index (χ4n) is 3.21. The molecule has 2 aromatic rings. The Balaban J connectivity index is 1.66. The van der Waals surface area contributed by atoms with Crippen molar-refractivity contribution in [1.29, 1.82) is 0 Å². The number of rotatable bonds is 0. The lowest BCUT2D eigenvalue weighted by atomic mass is 10.2. The number of hydrogen-bond donors (Lipinski definition) is 2. The van der Waals surface area contributed by atoms with Gasteiger partial charge >= 0.3 is 0 Å². The fourth-order valence-corrected chi connectivity index (χ4v) is 3.21. The van der Waals surface area contributed by atoms with Gasteiger partial charge in [0, 0.05) is 28.5 Å². The molecule has 0 saturated carbocycles. The molecule has 3 aliphatic heterocycles. The molecular formula is C20H16N4. The van der Waals surface area contributed by atoms with Gasteiger partial charge in [-0.2, -0.15) is 0 Å². The predicted octanol–water partition coefficient (Wildman–Crippen LogP) is 1.78. The molecular weight excluding hydrogens is 296 g/mol. The lowest BCUT2D eigenvalue weighted by Crippen LogP contribution is -2.11. The summed E-state index contributed by atoms with van der Waals surface area (Å²) in [5.74, 6) is 0. The third kappa shape index (κ3) is 2.52. The highest BCUT2D eigenvalue weighted by atomic mass is 14.8. The summed E-state index contributed by atoms with van der Waals surface area (Å²) in [6.07, 6.45) is 15.4. The number of H-pyrrole nitrogens is 2. The average molecular weight is 312 g/mol. The molecule has 5 heterocycles. The van der Waals surface area contributed by atoms with Gasteiger partial charge in [-0.05, 0) is 60.7 Å². The summed E-state index contributed by atoms with van der Waals surface area (Å²) in [5.41, 5.74) is 5.16. The Morgan fingerprint density at radius 2 is 1.75 bits per heavy atom. The van der Waals surface area contributed by atoms with E-state index in [2.05, 4.69) is 63.5 Å². The van der Waals surface area contributed by atoms with E-state index in [9.17, 15) is 0 Å². The quantitative estimate of drug-likeness (QED) is 0.745. The van der Waals surface area contributed by atoms with Gasteiger partial charge < -0.3 is 9.97 Å². The topological polar surface area (TPSA) is 56.3 Å². The molecule has 2 aromatic heterocycles. The van der Waals surface area contributed by atoms with Crippen LogP contribution in [0.2, 0.25) is 0 Å². The summed E-state index contributed by atoms with van der Waals surface area (Å²) in [6.45, 7) is 0. The molecule has 0 radical (unpaired) electrons. The molecule has 4 heteroatoms. The highest BCUT2D eigenvalue weighted by Crippen LogP contribution is 2.16. The first kappa shape index (κ1) is 13.3. The monoisotopic (exact) mass is 312 g/mol. The van der Waals surface area contributed by atoms with Crippen LogP contribution in [0.4, 0.5) is 0 Å². The van der Waals surface area contributed by atoms with E-state index in [1.165, 1.54) is 5.69 Å². The molecule has 5 rings (SSSR count). The van der Waals surface area contributed by atoms with Crippen LogP contribution in [0.25, 0.3) is 12.2 Å². The number of aliphatic imine (C=N–C) groups is 2. The standard InChI is InChI=1S/C20H16N4/c1-2-14-10-16-5-6-18(23-16)12-20-8-7-19(24-20)11-17-4-3-15(22-17)9-13(1)21-14/h1-11,18,22,24H,12H2/b14-10-,15-9?,17-11-. The van der Waals surface area contributed by atoms with Crippen LogP contribution < -0.4 is 10.7 Å². The maximum absolute atomic E-state index is 4.76. The van der Waals surface area contributed by atoms with Crippen molar-refractivity contribution in [1.82, 2.24) is 9.97 Å².